The summed E-state index contributed by atoms with van der Waals surface area (Å²) in [5.41, 5.74) is 0.0259. The number of nitrogens with zero attached hydrogens (tertiary/aromatic N) is 4. The number of ether oxygens (including phenoxy) is 2. The van der Waals surface area contributed by atoms with Crippen molar-refractivity contribution >= 4 is 24.0 Å². The molecule has 0 N–H and O–H groups in total. The second kappa shape index (κ2) is 14.5. The van der Waals surface area contributed by atoms with Crippen LogP contribution >= 0.6 is 0 Å². The number of carbonyl (C=O) groups is 4. The summed E-state index contributed by atoms with van der Waals surface area (Å²) in [6.07, 6.45) is 6.24. The fourth-order valence-corrected chi connectivity index (χ4v) is 5.73. The molecule has 11 heteroatoms. The molecule has 0 bridgehead atoms. The molecule has 0 atom stereocenters. The summed E-state index contributed by atoms with van der Waals surface area (Å²) >= 11 is 0. The van der Waals surface area contributed by atoms with Gasteiger partial charge in [0.05, 0.1) is 17.7 Å². The van der Waals surface area contributed by atoms with Crippen molar-refractivity contribution in [3.63, 3.8) is 0 Å². The lowest BCUT2D eigenvalue weighted by atomic mass is 9.94. The van der Waals surface area contributed by atoms with E-state index in [1.54, 1.807) is 35.2 Å². The Morgan fingerprint density at radius 1 is 0.867 bits per heavy atom. The van der Waals surface area contributed by atoms with Gasteiger partial charge in [0, 0.05) is 38.2 Å². The SMILES string of the molecule is CC(C)(C)OC(=O)N(CCCc1cc(CN2C(=O)c3ccccc3C2=O)no1)CCCN(C(=O)OC(C)(C)C)C1CCCCC1. The first kappa shape index (κ1) is 34.0. The van der Waals surface area contributed by atoms with Gasteiger partial charge < -0.3 is 23.8 Å². The van der Waals surface area contributed by atoms with E-state index < -0.39 is 17.3 Å². The van der Waals surface area contributed by atoms with Crippen molar-refractivity contribution in [1.82, 2.24) is 19.9 Å². The van der Waals surface area contributed by atoms with Crippen LogP contribution in [0.1, 0.15) is 119 Å². The number of carbonyl (C=O) groups excluding carboxylic acids is 4. The Kier molecular flexibility index (Phi) is 10.9. The summed E-state index contributed by atoms with van der Waals surface area (Å²) in [6, 6.07) is 8.64. The van der Waals surface area contributed by atoms with Crippen molar-refractivity contribution in [2.75, 3.05) is 19.6 Å². The maximum Gasteiger partial charge on any atom is 0.410 e. The molecule has 0 saturated heterocycles. The molecule has 246 valence electrons. The van der Waals surface area contributed by atoms with Gasteiger partial charge in [-0.25, -0.2) is 9.59 Å². The summed E-state index contributed by atoms with van der Waals surface area (Å²) in [5, 5.41) is 4.07. The molecule has 1 aliphatic heterocycles. The van der Waals surface area contributed by atoms with Gasteiger partial charge in [-0.1, -0.05) is 36.6 Å². The molecular weight excluding hydrogens is 576 g/mol. The van der Waals surface area contributed by atoms with Crippen molar-refractivity contribution < 1.29 is 33.2 Å². The molecule has 1 aliphatic carbocycles. The summed E-state index contributed by atoms with van der Waals surface area (Å²) in [4.78, 5) is 56.4. The van der Waals surface area contributed by atoms with Crippen LogP contribution in [0.25, 0.3) is 0 Å². The van der Waals surface area contributed by atoms with Crippen LogP contribution in [0.4, 0.5) is 9.59 Å². The van der Waals surface area contributed by atoms with E-state index in [0.29, 0.717) is 61.5 Å². The molecule has 2 aromatic rings. The number of hydrogen-bond donors (Lipinski definition) is 0. The molecule has 0 unspecified atom stereocenters. The molecule has 0 spiro atoms. The molecule has 1 aromatic carbocycles. The molecule has 2 aliphatic rings. The fourth-order valence-electron chi connectivity index (χ4n) is 5.73. The Hall–Kier alpha value is -3.89. The van der Waals surface area contributed by atoms with Crippen LogP contribution < -0.4 is 0 Å². The molecule has 1 aromatic heterocycles. The topological polar surface area (TPSA) is 122 Å². The number of aromatic nitrogens is 1. The second-order valence-electron chi connectivity index (χ2n) is 13.9. The third-order valence-corrected chi connectivity index (χ3v) is 7.78. The standard InChI is InChI=1S/C34H48N4O7/c1-33(2,3)43-31(41)36(20-13-21-37(25-14-8-7-9-15-25)32(42)44-34(4,5)6)19-12-16-26-22-24(35-45-26)23-38-29(39)27-17-10-11-18-28(27)30(38)40/h10-11,17-18,22,25H,7-9,12-16,19-21,23H2,1-6H3. The van der Waals surface area contributed by atoms with E-state index in [1.165, 1.54) is 11.3 Å². The van der Waals surface area contributed by atoms with Crippen LogP contribution in [0.2, 0.25) is 0 Å². The Bertz CT molecular complexity index is 1320. The van der Waals surface area contributed by atoms with Crippen molar-refractivity contribution in [2.24, 2.45) is 0 Å². The lowest BCUT2D eigenvalue weighted by Gasteiger charge is -2.36. The number of imide groups is 1. The highest BCUT2D eigenvalue weighted by molar-refractivity contribution is 6.21. The van der Waals surface area contributed by atoms with Crippen molar-refractivity contribution in [2.45, 2.75) is 117 Å². The van der Waals surface area contributed by atoms with Gasteiger partial charge in [-0.15, -0.1) is 0 Å². The van der Waals surface area contributed by atoms with Crippen LogP contribution in [0.15, 0.2) is 34.9 Å². The predicted octanol–water partition coefficient (Wildman–Crippen LogP) is 6.60. The first-order valence-electron chi connectivity index (χ1n) is 16.1. The van der Waals surface area contributed by atoms with Gasteiger partial charge in [-0.05, 0) is 79.4 Å². The first-order valence-corrected chi connectivity index (χ1v) is 16.1. The Labute approximate surface area is 266 Å². The largest absolute Gasteiger partial charge is 0.444 e. The molecule has 4 rings (SSSR count). The number of rotatable bonds is 11. The smallest absolute Gasteiger partial charge is 0.410 e. The minimum atomic E-state index is -0.649. The minimum absolute atomic E-state index is 0.0228. The number of aryl methyl sites for hydroxylation is 1. The van der Waals surface area contributed by atoms with Gasteiger partial charge in [-0.2, -0.15) is 0 Å². The molecule has 1 saturated carbocycles. The van der Waals surface area contributed by atoms with Crippen LogP contribution in [-0.2, 0) is 22.4 Å². The van der Waals surface area contributed by atoms with Crippen molar-refractivity contribution in [3.8, 4) is 0 Å². The van der Waals surface area contributed by atoms with E-state index >= 15 is 0 Å². The van der Waals surface area contributed by atoms with E-state index in [0.717, 1.165) is 25.7 Å². The van der Waals surface area contributed by atoms with Crippen molar-refractivity contribution in [3.05, 3.63) is 52.9 Å². The molecule has 1 fully saturated rings. The van der Waals surface area contributed by atoms with Gasteiger partial charge in [0.1, 0.15) is 22.7 Å². The van der Waals surface area contributed by atoms with Crippen LogP contribution in [0.3, 0.4) is 0 Å². The number of benzene rings is 1. The molecule has 0 radical (unpaired) electrons. The second-order valence-corrected chi connectivity index (χ2v) is 13.9. The zero-order valence-electron chi connectivity index (χ0n) is 27.6. The quantitative estimate of drug-likeness (QED) is 0.256. The Balaban J connectivity index is 1.33. The molecular formula is C34H48N4O7. The number of amides is 4. The van der Waals surface area contributed by atoms with Crippen LogP contribution in [0, 0.1) is 0 Å². The first-order chi connectivity index (χ1) is 21.2. The average molecular weight is 625 g/mol. The molecule has 2 heterocycles. The lowest BCUT2D eigenvalue weighted by Crippen LogP contribution is -2.46. The van der Waals surface area contributed by atoms with E-state index in [9.17, 15) is 19.2 Å². The van der Waals surface area contributed by atoms with Gasteiger partial charge >= 0.3 is 12.2 Å². The van der Waals surface area contributed by atoms with Crippen LogP contribution in [-0.4, -0.2) is 80.7 Å². The summed E-state index contributed by atoms with van der Waals surface area (Å²) < 4.78 is 16.9. The molecule has 11 nitrogen and oxygen atoms in total. The van der Waals surface area contributed by atoms with E-state index in [1.807, 2.05) is 46.4 Å². The highest BCUT2D eigenvalue weighted by Crippen LogP contribution is 2.26. The van der Waals surface area contributed by atoms with Crippen LogP contribution in [0.5, 0.6) is 0 Å². The highest BCUT2D eigenvalue weighted by Gasteiger charge is 2.36. The molecule has 45 heavy (non-hydrogen) atoms. The van der Waals surface area contributed by atoms with Gasteiger partial charge in [0.15, 0.2) is 0 Å². The van der Waals surface area contributed by atoms with Crippen molar-refractivity contribution in [1.29, 1.82) is 0 Å². The Morgan fingerprint density at radius 3 is 2.04 bits per heavy atom. The van der Waals surface area contributed by atoms with Gasteiger partial charge in [-0.3, -0.25) is 14.5 Å². The maximum atomic E-state index is 13.1. The normalized spacial score (nSPS) is 15.6. The Morgan fingerprint density at radius 2 is 1.44 bits per heavy atom. The molecule has 4 amide bonds. The number of hydrogen-bond acceptors (Lipinski definition) is 8. The number of fused-ring (bicyclic) bond motifs is 1. The van der Waals surface area contributed by atoms with Gasteiger partial charge in [0.2, 0.25) is 0 Å². The predicted molar refractivity (Wildman–Crippen MR) is 168 cm³/mol. The zero-order valence-corrected chi connectivity index (χ0v) is 27.6. The summed E-state index contributed by atoms with van der Waals surface area (Å²) in [6.45, 7) is 12.5. The highest BCUT2D eigenvalue weighted by atomic mass is 16.6. The summed E-state index contributed by atoms with van der Waals surface area (Å²) in [7, 11) is 0. The van der Waals surface area contributed by atoms with Gasteiger partial charge in [0.25, 0.3) is 11.8 Å². The summed E-state index contributed by atoms with van der Waals surface area (Å²) in [5.74, 6) is -0.0945. The maximum absolute atomic E-state index is 13.1. The third kappa shape index (κ3) is 9.55. The lowest BCUT2D eigenvalue weighted by molar-refractivity contribution is 0.00992. The fraction of sp³-hybridized carbons (Fsp3) is 0.618. The monoisotopic (exact) mass is 624 g/mol. The zero-order chi connectivity index (χ0) is 32.8. The van der Waals surface area contributed by atoms with E-state index in [-0.39, 0.29) is 30.5 Å². The van der Waals surface area contributed by atoms with E-state index in [4.69, 9.17) is 14.0 Å². The minimum Gasteiger partial charge on any atom is -0.444 e. The average Bonchev–Trinajstić information content (AvgIpc) is 3.51. The van der Waals surface area contributed by atoms with E-state index in [2.05, 4.69) is 5.16 Å². The third-order valence-electron chi connectivity index (χ3n) is 7.78.